The smallest absolute Gasteiger partial charge is 0.123 e. The summed E-state index contributed by atoms with van der Waals surface area (Å²) < 4.78 is 0. The fourth-order valence-corrected chi connectivity index (χ4v) is 1.81. The van der Waals surface area contributed by atoms with Crippen molar-refractivity contribution in [3.63, 3.8) is 0 Å². The highest BCUT2D eigenvalue weighted by atomic mass is 16.3. The van der Waals surface area contributed by atoms with Crippen molar-refractivity contribution in [1.29, 1.82) is 0 Å². The Labute approximate surface area is 94.8 Å². The maximum absolute atomic E-state index is 9.77. The van der Waals surface area contributed by atoms with Crippen LogP contribution in [0, 0.1) is 6.92 Å². The summed E-state index contributed by atoms with van der Waals surface area (Å²) in [6, 6.07) is 13.0. The second-order valence-electron chi connectivity index (χ2n) is 3.92. The molecule has 0 unspecified atom stereocenters. The summed E-state index contributed by atoms with van der Waals surface area (Å²) in [4.78, 5) is 0. The maximum Gasteiger partial charge on any atom is 0.123 e. The van der Waals surface area contributed by atoms with Crippen molar-refractivity contribution in [3.8, 4) is 11.5 Å². The summed E-state index contributed by atoms with van der Waals surface area (Å²) in [6.45, 7) is 1.89. The van der Waals surface area contributed by atoms with Crippen LogP contribution in [0.5, 0.6) is 11.5 Å². The van der Waals surface area contributed by atoms with Crippen LogP contribution in [-0.4, -0.2) is 10.2 Å². The molecule has 0 aliphatic carbocycles. The van der Waals surface area contributed by atoms with E-state index in [2.05, 4.69) is 0 Å². The molecule has 0 aliphatic heterocycles. The summed E-state index contributed by atoms with van der Waals surface area (Å²) in [7, 11) is 0. The number of hydrogen-bond donors (Lipinski definition) is 2. The first-order valence-corrected chi connectivity index (χ1v) is 5.22. The second-order valence-corrected chi connectivity index (χ2v) is 3.92. The van der Waals surface area contributed by atoms with E-state index in [1.54, 1.807) is 6.07 Å². The molecule has 0 fully saturated rings. The molecule has 0 radical (unpaired) electrons. The van der Waals surface area contributed by atoms with Crippen molar-refractivity contribution < 1.29 is 10.2 Å². The molecule has 2 rings (SSSR count). The van der Waals surface area contributed by atoms with E-state index < -0.39 is 0 Å². The van der Waals surface area contributed by atoms with Crippen molar-refractivity contribution in [2.75, 3.05) is 0 Å². The predicted octanol–water partition coefficient (Wildman–Crippen LogP) is 3.00. The molecular formula is C14H14O2. The average molecular weight is 214 g/mol. The molecule has 0 heterocycles. The number of benzene rings is 2. The minimum absolute atomic E-state index is 0.104. The molecule has 2 N–H and O–H groups in total. The molecule has 82 valence electrons. The highest BCUT2D eigenvalue weighted by Gasteiger charge is 2.07. The van der Waals surface area contributed by atoms with Crippen LogP contribution in [0.3, 0.4) is 0 Å². The lowest BCUT2D eigenvalue weighted by Crippen LogP contribution is -1.92. The third kappa shape index (κ3) is 2.16. The third-order valence-corrected chi connectivity index (χ3v) is 2.66. The minimum Gasteiger partial charge on any atom is -0.508 e. The van der Waals surface area contributed by atoms with E-state index in [1.165, 1.54) is 6.07 Å². The van der Waals surface area contributed by atoms with Crippen LogP contribution in [0.4, 0.5) is 0 Å². The lowest BCUT2D eigenvalue weighted by Gasteiger charge is -2.09. The maximum atomic E-state index is 9.77. The molecule has 2 aromatic rings. The second kappa shape index (κ2) is 4.27. The molecule has 0 aromatic heterocycles. The summed E-state index contributed by atoms with van der Waals surface area (Å²) in [5.74, 6) is 0.258. The first kappa shape index (κ1) is 10.6. The molecule has 0 saturated carbocycles. The van der Waals surface area contributed by atoms with E-state index in [0.29, 0.717) is 6.42 Å². The molecule has 0 spiro atoms. The minimum atomic E-state index is 0.104. The number of aromatic hydroxyl groups is 2. The topological polar surface area (TPSA) is 40.5 Å². The highest BCUT2D eigenvalue weighted by Crippen LogP contribution is 2.28. The molecule has 2 nitrogen and oxygen atoms in total. The molecule has 2 heteroatoms. The first-order valence-electron chi connectivity index (χ1n) is 5.22. The standard InChI is InChI=1S/C14H14O2/c1-10-7-12(15)9-14(16)13(10)8-11-5-3-2-4-6-11/h2-7,9,15-16H,8H2,1H3. The quantitative estimate of drug-likeness (QED) is 0.806. The summed E-state index contributed by atoms with van der Waals surface area (Å²) in [6.07, 6.45) is 0.679. The van der Waals surface area contributed by atoms with Crippen LogP contribution < -0.4 is 0 Å². The zero-order valence-electron chi connectivity index (χ0n) is 9.14. The molecule has 0 amide bonds. The van der Waals surface area contributed by atoms with E-state index in [4.69, 9.17) is 0 Å². The van der Waals surface area contributed by atoms with Gasteiger partial charge in [0.25, 0.3) is 0 Å². The Hall–Kier alpha value is -1.96. The van der Waals surface area contributed by atoms with E-state index >= 15 is 0 Å². The van der Waals surface area contributed by atoms with Crippen LogP contribution in [0.15, 0.2) is 42.5 Å². The van der Waals surface area contributed by atoms with Gasteiger partial charge in [-0.25, -0.2) is 0 Å². The zero-order chi connectivity index (χ0) is 11.5. The average Bonchev–Trinajstić information content (AvgIpc) is 2.25. The molecule has 0 atom stereocenters. The van der Waals surface area contributed by atoms with Gasteiger partial charge in [-0.3, -0.25) is 0 Å². The summed E-state index contributed by atoms with van der Waals surface area (Å²) in [5, 5.41) is 19.1. The fourth-order valence-electron chi connectivity index (χ4n) is 1.81. The lowest BCUT2D eigenvalue weighted by atomic mass is 9.99. The summed E-state index contributed by atoms with van der Waals surface area (Å²) in [5.41, 5.74) is 2.91. The van der Waals surface area contributed by atoms with Gasteiger partial charge in [0.2, 0.25) is 0 Å². The normalized spacial score (nSPS) is 10.3. The van der Waals surface area contributed by atoms with Crippen molar-refractivity contribution >= 4 is 0 Å². The van der Waals surface area contributed by atoms with Crippen LogP contribution in [0.25, 0.3) is 0 Å². The molecular weight excluding hydrogens is 200 g/mol. The van der Waals surface area contributed by atoms with Gasteiger partial charge in [-0.2, -0.15) is 0 Å². The van der Waals surface area contributed by atoms with E-state index in [-0.39, 0.29) is 11.5 Å². The SMILES string of the molecule is Cc1cc(O)cc(O)c1Cc1ccccc1. The highest BCUT2D eigenvalue weighted by molar-refractivity contribution is 5.46. The van der Waals surface area contributed by atoms with E-state index in [0.717, 1.165) is 16.7 Å². The Bertz CT molecular complexity index is 466. The molecule has 2 aromatic carbocycles. The molecule has 0 saturated heterocycles. The predicted molar refractivity (Wildman–Crippen MR) is 63.8 cm³/mol. The summed E-state index contributed by atoms with van der Waals surface area (Å²) >= 11 is 0. The van der Waals surface area contributed by atoms with Gasteiger partial charge in [0, 0.05) is 18.1 Å². The Morgan fingerprint density at radius 1 is 1.00 bits per heavy atom. The van der Waals surface area contributed by atoms with Gasteiger partial charge in [0.1, 0.15) is 11.5 Å². The monoisotopic (exact) mass is 214 g/mol. The van der Waals surface area contributed by atoms with Crippen LogP contribution in [0.2, 0.25) is 0 Å². The Balaban J connectivity index is 2.35. The lowest BCUT2D eigenvalue weighted by molar-refractivity contribution is 0.446. The van der Waals surface area contributed by atoms with Gasteiger partial charge in [-0.1, -0.05) is 30.3 Å². The number of aryl methyl sites for hydroxylation is 1. The Morgan fingerprint density at radius 3 is 2.31 bits per heavy atom. The third-order valence-electron chi connectivity index (χ3n) is 2.66. The number of hydrogen-bond acceptors (Lipinski definition) is 2. The number of rotatable bonds is 2. The number of phenols is 2. The van der Waals surface area contributed by atoms with Crippen molar-refractivity contribution in [3.05, 3.63) is 59.2 Å². The van der Waals surface area contributed by atoms with Gasteiger partial charge in [-0.05, 0) is 24.1 Å². The van der Waals surface area contributed by atoms with Crippen molar-refractivity contribution in [2.24, 2.45) is 0 Å². The van der Waals surface area contributed by atoms with Gasteiger partial charge in [0.05, 0.1) is 0 Å². The van der Waals surface area contributed by atoms with Crippen molar-refractivity contribution in [1.82, 2.24) is 0 Å². The first-order chi connectivity index (χ1) is 7.66. The molecule has 0 aliphatic rings. The van der Waals surface area contributed by atoms with Crippen LogP contribution in [0.1, 0.15) is 16.7 Å². The zero-order valence-corrected chi connectivity index (χ0v) is 9.14. The molecule has 0 bridgehead atoms. The van der Waals surface area contributed by atoms with Gasteiger partial charge in [-0.15, -0.1) is 0 Å². The van der Waals surface area contributed by atoms with Gasteiger partial charge in [0.15, 0.2) is 0 Å². The van der Waals surface area contributed by atoms with E-state index in [9.17, 15) is 10.2 Å². The molecule has 16 heavy (non-hydrogen) atoms. The van der Waals surface area contributed by atoms with Crippen LogP contribution >= 0.6 is 0 Å². The number of phenolic OH excluding ortho intramolecular Hbond substituents is 2. The fraction of sp³-hybridized carbons (Fsp3) is 0.143. The van der Waals surface area contributed by atoms with Gasteiger partial charge >= 0.3 is 0 Å². The Morgan fingerprint density at radius 2 is 1.69 bits per heavy atom. The van der Waals surface area contributed by atoms with Gasteiger partial charge < -0.3 is 10.2 Å². The Kier molecular flexibility index (Phi) is 2.82. The van der Waals surface area contributed by atoms with Crippen molar-refractivity contribution in [2.45, 2.75) is 13.3 Å². The van der Waals surface area contributed by atoms with Crippen LogP contribution in [-0.2, 0) is 6.42 Å². The van der Waals surface area contributed by atoms with E-state index in [1.807, 2.05) is 37.3 Å². The largest absolute Gasteiger partial charge is 0.508 e.